The second-order valence-electron chi connectivity index (χ2n) is 6.27. The largest absolute Gasteiger partial charge is 0.348 e. The number of aromatic amines is 1. The number of nitrogens with zero attached hydrogens (tertiary/aromatic N) is 1. The highest BCUT2D eigenvalue weighted by atomic mass is 32.2. The van der Waals surface area contributed by atoms with Gasteiger partial charge in [-0.15, -0.1) is 0 Å². The molecule has 152 valence electrons. The van der Waals surface area contributed by atoms with E-state index in [4.69, 9.17) is 0 Å². The van der Waals surface area contributed by atoms with E-state index < -0.39 is 21.3 Å². The van der Waals surface area contributed by atoms with E-state index in [1.165, 1.54) is 37.4 Å². The summed E-state index contributed by atoms with van der Waals surface area (Å²) in [6.45, 7) is 2.14. The Labute approximate surface area is 166 Å². The summed E-state index contributed by atoms with van der Waals surface area (Å²) in [6, 6.07) is 10.6. The van der Waals surface area contributed by atoms with Gasteiger partial charge in [-0.1, -0.05) is 12.1 Å². The molecule has 0 unspecified atom stereocenters. The van der Waals surface area contributed by atoms with E-state index in [0.29, 0.717) is 16.5 Å². The van der Waals surface area contributed by atoms with Gasteiger partial charge in [0.1, 0.15) is 0 Å². The minimum Gasteiger partial charge on any atom is -0.348 e. The maximum atomic E-state index is 12.4. The molecule has 29 heavy (non-hydrogen) atoms. The molecule has 10 heteroatoms. The fourth-order valence-electron chi connectivity index (χ4n) is 2.87. The normalized spacial score (nSPS) is 11.5. The van der Waals surface area contributed by atoms with Gasteiger partial charge in [-0.3, -0.25) is 14.2 Å². The summed E-state index contributed by atoms with van der Waals surface area (Å²) >= 11 is 0. The van der Waals surface area contributed by atoms with E-state index >= 15 is 0 Å². The van der Waals surface area contributed by atoms with Crippen molar-refractivity contribution in [1.82, 2.24) is 19.6 Å². The summed E-state index contributed by atoms with van der Waals surface area (Å²) in [7, 11) is -2.18. The summed E-state index contributed by atoms with van der Waals surface area (Å²) in [5.41, 5.74) is 0.359. The molecule has 1 amide bonds. The number of fused-ring (bicyclic) bond motifs is 1. The predicted molar refractivity (Wildman–Crippen MR) is 108 cm³/mol. The van der Waals surface area contributed by atoms with E-state index in [1.807, 2.05) is 0 Å². The lowest BCUT2D eigenvalue weighted by Gasteiger charge is -2.08. The molecule has 0 aliphatic carbocycles. The topological polar surface area (TPSA) is 130 Å². The zero-order valence-electron chi connectivity index (χ0n) is 15.9. The monoisotopic (exact) mass is 416 g/mol. The summed E-state index contributed by atoms with van der Waals surface area (Å²) in [4.78, 5) is 39.4. The zero-order chi connectivity index (χ0) is 21.2. The van der Waals surface area contributed by atoms with E-state index in [1.54, 1.807) is 19.1 Å². The first kappa shape index (κ1) is 20.5. The van der Waals surface area contributed by atoms with Crippen LogP contribution in [-0.2, 0) is 23.1 Å². The number of amides is 1. The van der Waals surface area contributed by atoms with Gasteiger partial charge in [-0.25, -0.2) is 17.9 Å². The van der Waals surface area contributed by atoms with Crippen molar-refractivity contribution in [1.29, 1.82) is 0 Å². The standard InChI is InChI=1S/C19H20N4O5S/c1-3-23-18(25)15-9-6-13(10-16(15)22-19(23)26)17(24)21-11-12-4-7-14(8-5-12)29(27,28)20-2/h4-10,20H,3,11H2,1-2H3,(H,21,24)(H,22,26). The van der Waals surface area contributed by atoms with Crippen LogP contribution in [0.15, 0.2) is 56.9 Å². The Bertz CT molecular complexity index is 1290. The highest BCUT2D eigenvalue weighted by Gasteiger charge is 2.12. The van der Waals surface area contributed by atoms with Gasteiger partial charge in [0.25, 0.3) is 11.5 Å². The molecule has 0 fully saturated rings. The maximum absolute atomic E-state index is 12.4. The SMILES string of the molecule is CCn1c(=O)[nH]c2cc(C(=O)NCc3ccc(S(=O)(=O)NC)cc3)ccc2c1=O. The third kappa shape index (κ3) is 4.13. The highest BCUT2D eigenvalue weighted by molar-refractivity contribution is 7.89. The van der Waals surface area contributed by atoms with Crippen LogP contribution in [0.4, 0.5) is 0 Å². The number of rotatable bonds is 6. The number of carbonyl (C=O) groups excluding carboxylic acids is 1. The summed E-state index contributed by atoms with van der Waals surface area (Å²) in [5.74, 6) is -0.389. The molecule has 3 aromatic rings. The molecule has 3 rings (SSSR count). The second-order valence-corrected chi connectivity index (χ2v) is 8.16. The van der Waals surface area contributed by atoms with Gasteiger partial charge in [0, 0.05) is 18.7 Å². The summed E-state index contributed by atoms with van der Waals surface area (Å²) in [6.07, 6.45) is 0. The lowest BCUT2D eigenvalue weighted by Crippen LogP contribution is -2.34. The van der Waals surface area contributed by atoms with Crippen LogP contribution in [0.3, 0.4) is 0 Å². The molecule has 0 atom stereocenters. The van der Waals surface area contributed by atoms with E-state index in [2.05, 4.69) is 15.0 Å². The van der Waals surface area contributed by atoms with Gasteiger partial charge in [-0.05, 0) is 49.9 Å². The van der Waals surface area contributed by atoms with E-state index in [-0.39, 0.29) is 29.5 Å². The molecule has 0 spiro atoms. The van der Waals surface area contributed by atoms with Gasteiger partial charge in [0.2, 0.25) is 10.0 Å². The van der Waals surface area contributed by atoms with Crippen molar-refractivity contribution in [3.63, 3.8) is 0 Å². The third-order valence-electron chi connectivity index (χ3n) is 4.52. The number of benzene rings is 2. The molecule has 0 aliphatic heterocycles. The van der Waals surface area contributed by atoms with Gasteiger partial charge in [0.05, 0.1) is 15.8 Å². The molecular formula is C19H20N4O5S. The molecule has 2 aromatic carbocycles. The van der Waals surface area contributed by atoms with E-state index in [0.717, 1.165) is 4.57 Å². The number of sulfonamides is 1. The molecule has 0 bridgehead atoms. The molecule has 1 heterocycles. The first-order valence-corrected chi connectivity index (χ1v) is 10.3. The van der Waals surface area contributed by atoms with Crippen molar-refractivity contribution < 1.29 is 13.2 Å². The van der Waals surface area contributed by atoms with Crippen LogP contribution in [0.1, 0.15) is 22.8 Å². The molecule has 0 saturated heterocycles. The van der Waals surface area contributed by atoms with Crippen molar-refractivity contribution >= 4 is 26.8 Å². The minimum absolute atomic E-state index is 0.131. The van der Waals surface area contributed by atoms with Crippen molar-refractivity contribution in [3.8, 4) is 0 Å². The average Bonchev–Trinajstić information content (AvgIpc) is 2.72. The number of carbonyl (C=O) groups is 1. The lowest BCUT2D eigenvalue weighted by atomic mass is 10.1. The van der Waals surface area contributed by atoms with Crippen molar-refractivity contribution in [2.45, 2.75) is 24.9 Å². The van der Waals surface area contributed by atoms with Crippen LogP contribution in [0.5, 0.6) is 0 Å². The summed E-state index contributed by atoms with van der Waals surface area (Å²) in [5, 5.41) is 3.05. The van der Waals surface area contributed by atoms with Gasteiger partial charge < -0.3 is 10.3 Å². The molecule has 1 aromatic heterocycles. The lowest BCUT2D eigenvalue weighted by molar-refractivity contribution is 0.0951. The van der Waals surface area contributed by atoms with Crippen LogP contribution in [0, 0.1) is 0 Å². The van der Waals surface area contributed by atoms with Crippen LogP contribution in [-0.4, -0.2) is 30.9 Å². The second kappa shape index (κ2) is 8.02. The maximum Gasteiger partial charge on any atom is 0.328 e. The fraction of sp³-hybridized carbons (Fsp3) is 0.211. The Hall–Kier alpha value is -3.24. The Kier molecular flexibility index (Phi) is 5.66. The van der Waals surface area contributed by atoms with Crippen LogP contribution >= 0.6 is 0 Å². The first-order chi connectivity index (χ1) is 13.8. The quantitative estimate of drug-likeness (QED) is 0.540. The Balaban J connectivity index is 1.78. The minimum atomic E-state index is -3.52. The number of hydrogen-bond acceptors (Lipinski definition) is 5. The van der Waals surface area contributed by atoms with Crippen molar-refractivity contribution in [3.05, 3.63) is 74.4 Å². The van der Waals surface area contributed by atoms with Crippen LogP contribution in [0.2, 0.25) is 0 Å². The van der Waals surface area contributed by atoms with E-state index in [9.17, 15) is 22.8 Å². The Morgan fingerprint density at radius 2 is 1.79 bits per heavy atom. The number of hydrogen-bond donors (Lipinski definition) is 3. The first-order valence-electron chi connectivity index (χ1n) is 8.84. The Morgan fingerprint density at radius 1 is 1.10 bits per heavy atom. The number of aromatic nitrogens is 2. The molecular weight excluding hydrogens is 396 g/mol. The molecule has 3 N–H and O–H groups in total. The van der Waals surface area contributed by atoms with Crippen LogP contribution in [0.25, 0.3) is 10.9 Å². The van der Waals surface area contributed by atoms with Crippen molar-refractivity contribution in [2.75, 3.05) is 7.05 Å². The molecule has 9 nitrogen and oxygen atoms in total. The van der Waals surface area contributed by atoms with Gasteiger partial charge in [-0.2, -0.15) is 0 Å². The van der Waals surface area contributed by atoms with Gasteiger partial charge >= 0.3 is 5.69 Å². The van der Waals surface area contributed by atoms with Gasteiger partial charge in [0.15, 0.2) is 0 Å². The van der Waals surface area contributed by atoms with Crippen LogP contribution < -0.4 is 21.3 Å². The average molecular weight is 416 g/mol. The highest BCUT2D eigenvalue weighted by Crippen LogP contribution is 2.12. The third-order valence-corrected chi connectivity index (χ3v) is 5.95. The molecule has 0 saturated carbocycles. The van der Waals surface area contributed by atoms with Crippen molar-refractivity contribution in [2.24, 2.45) is 0 Å². The molecule has 0 aliphatic rings. The fourth-order valence-corrected chi connectivity index (χ4v) is 3.60. The number of nitrogens with one attached hydrogen (secondary N) is 3. The zero-order valence-corrected chi connectivity index (χ0v) is 16.7. The Morgan fingerprint density at radius 3 is 2.41 bits per heavy atom. The number of H-pyrrole nitrogens is 1. The predicted octanol–water partition coefficient (Wildman–Crippen LogP) is 0.548. The molecule has 0 radical (unpaired) electrons. The smallest absolute Gasteiger partial charge is 0.328 e. The summed E-state index contributed by atoms with van der Waals surface area (Å²) < 4.78 is 26.8.